The van der Waals surface area contributed by atoms with E-state index in [0.717, 1.165) is 10.0 Å². The van der Waals surface area contributed by atoms with Crippen LogP contribution in [0.5, 0.6) is 0 Å². The van der Waals surface area contributed by atoms with Crippen molar-refractivity contribution in [2.75, 3.05) is 0 Å². The van der Waals surface area contributed by atoms with Crippen LogP contribution in [-0.2, 0) is 6.42 Å². The molecule has 3 nitrogen and oxygen atoms in total. The van der Waals surface area contributed by atoms with Crippen LogP contribution in [0.1, 0.15) is 18.3 Å². The maximum absolute atomic E-state index is 11.8. The van der Waals surface area contributed by atoms with E-state index in [1.165, 1.54) is 0 Å². The average molecular weight is 279 g/mol. The van der Waals surface area contributed by atoms with Crippen molar-refractivity contribution in [1.82, 2.24) is 9.97 Å². The maximum atomic E-state index is 11.8. The third kappa shape index (κ3) is 1.80. The summed E-state index contributed by atoms with van der Waals surface area (Å²) in [5.74, 6) is 0.697. The van der Waals surface area contributed by atoms with Crippen molar-refractivity contribution < 1.29 is 0 Å². The Balaban J connectivity index is 2.94. The number of nitrogens with zero attached hydrogens (tertiary/aromatic N) is 1. The highest BCUT2D eigenvalue weighted by molar-refractivity contribution is 9.10. The van der Waals surface area contributed by atoms with Crippen molar-refractivity contribution >= 4 is 32.9 Å². The molecule has 0 saturated heterocycles. The molecule has 0 unspecified atom stereocenters. The number of aromatic amines is 1. The second-order valence-electron chi connectivity index (χ2n) is 3.46. The van der Waals surface area contributed by atoms with E-state index < -0.39 is 0 Å². The largest absolute Gasteiger partial charge is 0.310 e. The molecule has 4 heteroatoms. The van der Waals surface area contributed by atoms with E-state index >= 15 is 0 Å². The molecule has 1 N–H and O–H groups in total. The van der Waals surface area contributed by atoms with Gasteiger partial charge in [0.2, 0.25) is 0 Å². The fourth-order valence-electron chi connectivity index (χ4n) is 1.60. The van der Waals surface area contributed by atoms with Gasteiger partial charge in [0.25, 0.3) is 5.56 Å². The summed E-state index contributed by atoms with van der Waals surface area (Å²) in [6.45, 7) is 5.69. The van der Waals surface area contributed by atoms with E-state index in [4.69, 9.17) is 0 Å². The van der Waals surface area contributed by atoms with Gasteiger partial charge >= 0.3 is 0 Å². The summed E-state index contributed by atoms with van der Waals surface area (Å²) in [5, 5.41) is 0.585. The fraction of sp³-hybridized carbons (Fsp3) is 0.167. The predicted molar refractivity (Wildman–Crippen MR) is 69.5 cm³/mol. The minimum atomic E-state index is -0.105. The number of rotatable bonds is 2. The smallest absolute Gasteiger partial charge is 0.258 e. The minimum Gasteiger partial charge on any atom is -0.310 e. The standard InChI is InChI=1S/C12H11BrN2O/c1-3-7-5-8(13)6-9-11(7)14-10(4-2)15-12(9)16/h3,5-6H,1,4H2,2H3,(H,14,15,16). The van der Waals surface area contributed by atoms with Crippen molar-refractivity contribution in [2.45, 2.75) is 13.3 Å². The molecule has 1 heterocycles. The van der Waals surface area contributed by atoms with Crippen LogP contribution < -0.4 is 5.56 Å². The number of benzene rings is 1. The highest BCUT2D eigenvalue weighted by atomic mass is 79.9. The number of aryl methyl sites for hydroxylation is 1. The molecule has 0 atom stereocenters. The maximum Gasteiger partial charge on any atom is 0.258 e. The lowest BCUT2D eigenvalue weighted by molar-refractivity contribution is 0.943. The van der Waals surface area contributed by atoms with Gasteiger partial charge < -0.3 is 4.98 Å². The molecular formula is C12H11BrN2O. The van der Waals surface area contributed by atoms with Gasteiger partial charge in [-0.2, -0.15) is 0 Å². The molecule has 0 amide bonds. The summed E-state index contributed by atoms with van der Waals surface area (Å²) < 4.78 is 0.853. The fourth-order valence-corrected chi connectivity index (χ4v) is 2.08. The van der Waals surface area contributed by atoms with Gasteiger partial charge in [-0.3, -0.25) is 4.79 Å². The number of H-pyrrole nitrogens is 1. The zero-order valence-electron chi connectivity index (χ0n) is 8.88. The summed E-state index contributed by atoms with van der Waals surface area (Å²) in [7, 11) is 0. The van der Waals surface area contributed by atoms with E-state index in [0.29, 0.717) is 23.1 Å². The zero-order valence-corrected chi connectivity index (χ0v) is 10.5. The molecule has 2 rings (SSSR count). The summed E-state index contributed by atoms with van der Waals surface area (Å²) in [6, 6.07) is 3.68. The molecule has 1 aromatic heterocycles. The second kappa shape index (κ2) is 4.22. The molecule has 0 saturated carbocycles. The van der Waals surface area contributed by atoms with Crippen LogP contribution in [0, 0.1) is 0 Å². The van der Waals surface area contributed by atoms with Gasteiger partial charge in [-0.05, 0) is 12.1 Å². The van der Waals surface area contributed by atoms with Crippen LogP contribution in [0.4, 0.5) is 0 Å². The third-order valence-corrected chi connectivity index (χ3v) is 2.87. The summed E-state index contributed by atoms with van der Waals surface area (Å²) in [4.78, 5) is 19.0. The Hall–Kier alpha value is -1.42. The first kappa shape index (κ1) is 11.1. The number of hydrogen-bond acceptors (Lipinski definition) is 2. The lowest BCUT2D eigenvalue weighted by Crippen LogP contribution is -2.12. The van der Waals surface area contributed by atoms with E-state index in [1.54, 1.807) is 12.1 Å². The first-order valence-corrected chi connectivity index (χ1v) is 5.80. The Morgan fingerprint density at radius 3 is 2.94 bits per heavy atom. The molecule has 0 aliphatic rings. The minimum absolute atomic E-state index is 0.105. The molecule has 0 radical (unpaired) electrons. The first-order valence-electron chi connectivity index (χ1n) is 5.00. The number of nitrogens with one attached hydrogen (secondary N) is 1. The lowest BCUT2D eigenvalue weighted by atomic mass is 10.1. The topological polar surface area (TPSA) is 45.8 Å². The quantitative estimate of drug-likeness (QED) is 0.918. The molecule has 0 bridgehead atoms. The van der Waals surface area contributed by atoms with E-state index in [2.05, 4.69) is 32.5 Å². The molecule has 2 aromatic rings. The van der Waals surface area contributed by atoms with Gasteiger partial charge in [-0.1, -0.05) is 35.5 Å². The summed E-state index contributed by atoms with van der Waals surface area (Å²) in [6.07, 6.45) is 2.41. The highest BCUT2D eigenvalue weighted by Crippen LogP contribution is 2.21. The second-order valence-corrected chi connectivity index (χ2v) is 4.38. The molecule has 0 fully saturated rings. The molecular weight excluding hydrogens is 268 g/mol. The Morgan fingerprint density at radius 2 is 2.31 bits per heavy atom. The SMILES string of the molecule is C=Cc1cc(Br)cc2c(=O)[nH]c(CC)nc12. The Kier molecular flexibility index (Phi) is 2.92. The molecule has 82 valence electrons. The number of hydrogen-bond donors (Lipinski definition) is 1. The highest BCUT2D eigenvalue weighted by Gasteiger charge is 2.07. The van der Waals surface area contributed by atoms with Gasteiger partial charge in [0.15, 0.2) is 0 Å². The van der Waals surface area contributed by atoms with Crippen molar-refractivity contribution in [2.24, 2.45) is 0 Å². The molecule has 0 aliphatic heterocycles. The van der Waals surface area contributed by atoms with E-state index in [-0.39, 0.29) is 5.56 Å². The monoisotopic (exact) mass is 278 g/mol. The van der Waals surface area contributed by atoms with Crippen LogP contribution in [0.3, 0.4) is 0 Å². The lowest BCUT2D eigenvalue weighted by Gasteiger charge is -2.04. The normalized spacial score (nSPS) is 10.6. The van der Waals surface area contributed by atoms with E-state index in [1.807, 2.05) is 13.0 Å². The van der Waals surface area contributed by atoms with Crippen molar-refractivity contribution in [3.63, 3.8) is 0 Å². The van der Waals surface area contributed by atoms with Gasteiger partial charge in [0.1, 0.15) is 5.82 Å². The van der Waals surface area contributed by atoms with Gasteiger partial charge in [-0.15, -0.1) is 0 Å². The van der Waals surface area contributed by atoms with Gasteiger partial charge in [0.05, 0.1) is 10.9 Å². The average Bonchev–Trinajstić information content (AvgIpc) is 2.28. The summed E-state index contributed by atoms with van der Waals surface area (Å²) in [5.41, 5.74) is 1.47. The summed E-state index contributed by atoms with van der Waals surface area (Å²) >= 11 is 3.37. The van der Waals surface area contributed by atoms with Gasteiger partial charge in [-0.25, -0.2) is 4.98 Å². The molecule has 0 spiro atoms. The molecule has 1 aromatic carbocycles. The van der Waals surface area contributed by atoms with Crippen LogP contribution in [0.15, 0.2) is 28.0 Å². The van der Waals surface area contributed by atoms with E-state index in [9.17, 15) is 4.79 Å². The zero-order chi connectivity index (χ0) is 11.7. The van der Waals surface area contributed by atoms with Crippen LogP contribution in [0.2, 0.25) is 0 Å². The van der Waals surface area contributed by atoms with Crippen molar-refractivity contribution in [3.05, 3.63) is 44.9 Å². The molecule has 16 heavy (non-hydrogen) atoms. The molecule has 0 aliphatic carbocycles. The predicted octanol–water partition coefficient (Wildman–Crippen LogP) is 2.89. The number of aromatic nitrogens is 2. The Labute approximate surface area is 101 Å². The number of fused-ring (bicyclic) bond motifs is 1. The number of halogens is 1. The Morgan fingerprint density at radius 1 is 1.56 bits per heavy atom. The van der Waals surface area contributed by atoms with Crippen LogP contribution in [-0.4, -0.2) is 9.97 Å². The third-order valence-electron chi connectivity index (χ3n) is 2.41. The van der Waals surface area contributed by atoms with Crippen molar-refractivity contribution in [1.29, 1.82) is 0 Å². The van der Waals surface area contributed by atoms with Crippen LogP contribution >= 0.6 is 15.9 Å². The first-order chi connectivity index (χ1) is 7.65. The Bertz CT molecular complexity index is 616. The van der Waals surface area contributed by atoms with Crippen molar-refractivity contribution in [3.8, 4) is 0 Å². The van der Waals surface area contributed by atoms with Gasteiger partial charge in [0, 0.05) is 16.5 Å². The van der Waals surface area contributed by atoms with Crippen LogP contribution in [0.25, 0.3) is 17.0 Å².